The first-order valence-electron chi connectivity index (χ1n) is 10.6. The Morgan fingerprint density at radius 1 is 0.844 bits per heavy atom. The van der Waals surface area contributed by atoms with E-state index in [0.717, 1.165) is 16.7 Å². The van der Waals surface area contributed by atoms with Crippen LogP contribution in [0.2, 0.25) is 0 Å². The van der Waals surface area contributed by atoms with Crippen molar-refractivity contribution in [2.75, 3.05) is 0 Å². The van der Waals surface area contributed by atoms with Gasteiger partial charge in [0.2, 0.25) is 11.2 Å². The Morgan fingerprint density at radius 2 is 1.47 bits per heavy atom. The fraction of sp³-hybridized carbons (Fsp3) is 0.214. The van der Waals surface area contributed by atoms with E-state index in [2.05, 4.69) is 20.8 Å². The van der Waals surface area contributed by atoms with Crippen molar-refractivity contribution in [1.29, 1.82) is 0 Å². The molecule has 0 aliphatic rings. The van der Waals surface area contributed by atoms with Gasteiger partial charge in [-0.25, -0.2) is 4.79 Å². The number of rotatable bonds is 3. The van der Waals surface area contributed by atoms with Crippen LogP contribution in [0.5, 0.6) is 5.75 Å². The molecule has 0 aliphatic carbocycles. The summed E-state index contributed by atoms with van der Waals surface area (Å²) in [6.45, 7) is 10.3. The van der Waals surface area contributed by atoms with Crippen LogP contribution in [0.3, 0.4) is 0 Å². The molecule has 0 saturated carbocycles. The third-order valence-corrected chi connectivity index (χ3v) is 5.50. The summed E-state index contributed by atoms with van der Waals surface area (Å²) in [4.78, 5) is 26.2. The summed E-state index contributed by atoms with van der Waals surface area (Å²) < 4.78 is 11.8. The molecule has 0 spiro atoms. The van der Waals surface area contributed by atoms with Crippen molar-refractivity contribution >= 4 is 16.9 Å². The lowest BCUT2D eigenvalue weighted by atomic mass is 9.86. The Kier molecular flexibility index (Phi) is 5.47. The zero-order valence-corrected chi connectivity index (χ0v) is 19.0. The van der Waals surface area contributed by atoms with Crippen LogP contribution in [0.15, 0.2) is 75.9 Å². The average molecular weight is 427 g/mol. The van der Waals surface area contributed by atoms with E-state index in [9.17, 15) is 9.59 Å². The number of benzene rings is 3. The van der Waals surface area contributed by atoms with Gasteiger partial charge in [-0.3, -0.25) is 4.79 Å². The Labute approximate surface area is 187 Å². The van der Waals surface area contributed by atoms with Gasteiger partial charge in [-0.2, -0.15) is 0 Å². The van der Waals surface area contributed by atoms with Crippen molar-refractivity contribution in [2.24, 2.45) is 0 Å². The zero-order chi connectivity index (χ0) is 23.0. The zero-order valence-electron chi connectivity index (χ0n) is 19.0. The Morgan fingerprint density at radius 3 is 2.09 bits per heavy atom. The van der Waals surface area contributed by atoms with Gasteiger partial charge >= 0.3 is 5.97 Å². The molecule has 0 radical (unpaired) electrons. The fourth-order valence-corrected chi connectivity index (χ4v) is 3.53. The fourth-order valence-electron chi connectivity index (χ4n) is 3.53. The quantitative estimate of drug-likeness (QED) is 0.347. The Hall–Kier alpha value is -3.66. The minimum Gasteiger partial charge on any atom is -0.452 e. The lowest BCUT2D eigenvalue weighted by Gasteiger charge is -2.19. The molecule has 1 aromatic heterocycles. The van der Waals surface area contributed by atoms with Gasteiger partial charge in [-0.15, -0.1) is 0 Å². The molecule has 4 nitrogen and oxygen atoms in total. The van der Waals surface area contributed by atoms with Crippen LogP contribution in [-0.4, -0.2) is 5.97 Å². The topological polar surface area (TPSA) is 56.5 Å². The number of ether oxygens (including phenoxy) is 1. The van der Waals surface area contributed by atoms with Crippen LogP contribution in [-0.2, 0) is 5.41 Å². The average Bonchev–Trinajstić information content (AvgIpc) is 2.75. The molecule has 0 unspecified atom stereocenters. The Bertz CT molecular complexity index is 1350. The summed E-state index contributed by atoms with van der Waals surface area (Å²) in [6.07, 6.45) is 0. The molecule has 4 aromatic rings. The molecular weight excluding hydrogens is 400 g/mol. The molecule has 0 aliphatic heterocycles. The van der Waals surface area contributed by atoms with Crippen LogP contribution in [0.1, 0.15) is 47.8 Å². The van der Waals surface area contributed by atoms with E-state index < -0.39 is 5.97 Å². The van der Waals surface area contributed by atoms with Gasteiger partial charge in [0.1, 0.15) is 5.58 Å². The SMILES string of the molecule is Cc1ccc(C(=O)Oc2c(-c3ccc(C(C)(C)C)cc3)oc3cc(C)ccc3c2=O)cc1. The van der Waals surface area contributed by atoms with Crippen molar-refractivity contribution in [3.8, 4) is 17.1 Å². The summed E-state index contributed by atoms with van der Waals surface area (Å²) in [6, 6.07) is 20.2. The minimum absolute atomic E-state index is 0.0133. The number of aryl methyl sites for hydroxylation is 2. The first-order chi connectivity index (χ1) is 15.1. The van der Waals surface area contributed by atoms with Gasteiger partial charge in [0.25, 0.3) is 0 Å². The molecule has 162 valence electrons. The largest absolute Gasteiger partial charge is 0.452 e. The Balaban J connectivity index is 1.87. The third-order valence-electron chi connectivity index (χ3n) is 5.50. The van der Waals surface area contributed by atoms with E-state index in [0.29, 0.717) is 22.1 Å². The van der Waals surface area contributed by atoms with E-state index in [4.69, 9.17) is 9.15 Å². The molecule has 1 heterocycles. The predicted molar refractivity (Wildman–Crippen MR) is 127 cm³/mol. The summed E-state index contributed by atoms with van der Waals surface area (Å²) >= 11 is 0. The van der Waals surface area contributed by atoms with E-state index in [1.807, 2.05) is 62.4 Å². The van der Waals surface area contributed by atoms with Crippen molar-refractivity contribution < 1.29 is 13.9 Å². The lowest BCUT2D eigenvalue weighted by molar-refractivity contribution is 0.0731. The van der Waals surface area contributed by atoms with Crippen LogP contribution in [0.25, 0.3) is 22.3 Å². The molecule has 0 atom stereocenters. The maximum Gasteiger partial charge on any atom is 0.343 e. The van der Waals surface area contributed by atoms with Crippen LogP contribution >= 0.6 is 0 Å². The monoisotopic (exact) mass is 426 g/mol. The normalized spacial score (nSPS) is 11.5. The molecule has 32 heavy (non-hydrogen) atoms. The van der Waals surface area contributed by atoms with Crippen molar-refractivity contribution in [3.63, 3.8) is 0 Å². The number of hydrogen-bond acceptors (Lipinski definition) is 4. The van der Waals surface area contributed by atoms with Crippen LogP contribution in [0.4, 0.5) is 0 Å². The smallest absolute Gasteiger partial charge is 0.343 e. The first kappa shape index (κ1) is 21.6. The van der Waals surface area contributed by atoms with Crippen LogP contribution in [0, 0.1) is 13.8 Å². The second-order valence-electron chi connectivity index (χ2n) is 9.17. The lowest BCUT2D eigenvalue weighted by Crippen LogP contribution is -2.16. The van der Waals surface area contributed by atoms with Gasteiger partial charge in [-0.05, 0) is 54.7 Å². The summed E-state index contributed by atoms with van der Waals surface area (Å²) in [5, 5.41) is 0.373. The summed E-state index contributed by atoms with van der Waals surface area (Å²) in [5.74, 6) is -0.458. The van der Waals surface area contributed by atoms with Crippen molar-refractivity contribution in [1.82, 2.24) is 0 Å². The molecule has 0 amide bonds. The van der Waals surface area contributed by atoms with Crippen molar-refractivity contribution in [2.45, 2.75) is 40.0 Å². The van der Waals surface area contributed by atoms with E-state index >= 15 is 0 Å². The van der Waals surface area contributed by atoms with Gasteiger partial charge in [0.15, 0.2) is 5.76 Å². The maximum atomic E-state index is 13.3. The number of esters is 1. The molecule has 4 heteroatoms. The number of carbonyl (C=O) groups is 1. The third kappa shape index (κ3) is 4.22. The molecular formula is C28H26O4. The first-order valence-corrected chi connectivity index (χ1v) is 10.6. The molecule has 4 rings (SSSR count). The molecule has 0 saturated heterocycles. The van der Waals surface area contributed by atoms with E-state index in [1.54, 1.807) is 18.2 Å². The standard InChI is InChI=1S/C28H26O4/c1-17-6-9-20(10-7-17)27(30)32-26-24(29)22-15-8-18(2)16-23(22)31-25(26)19-11-13-21(14-12-19)28(3,4)5/h6-16H,1-5H3. The van der Waals surface area contributed by atoms with Gasteiger partial charge in [0, 0.05) is 5.56 Å². The van der Waals surface area contributed by atoms with E-state index in [-0.39, 0.29) is 22.4 Å². The molecule has 0 bridgehead atoms. The molecule has 0 fully saturated rings. The highest BCUT2D eigenvalue weighted by molar-refractivity contribution is 5.93. The summed E-state index contributed by atoms with van der Waals surface area (Å²) in [5.41, 5.74) is 4.26. The molecule has 3 aromatic carbocycles. The molecule has 0 N–H and O–H groups in total. The highest BCUT2D eigenvalue weighted by Gasteiger charge is 2.22. The van der Waals surface area contributed by atoms with Crippen molar-refractivity contribution in [3.05, 3.63) is 99.2 Å². The highest BCUT2D eigenvalue weighted by atomic mass is 16.5. The highest BCUT2D eigenvalue weighted by Crippen LogP contribution is 2.33. The second kappa shape index (κ2) is 8.12. The number of fused-ring (bicyclic) bond motifs is 1. The minimum atomic E-state index is -0.601. The van der Waals surface area contributed by atoms with Crippen LogP contribution < -0.4 is 10.2 Å². The van der Waals surface area contributed by atoms with E-state index in [1.165, 1.54) is 0 Å². The second-order valence-corrected chi connectivity index (χ2v) is 9.17. The predicted octanol–water partition coefficient (Wildman–Crippen LogP) is 6.59. The summed E-state index contributed by atoms with van der Waals surface area (Å²) in [7, 11) is 0. The van der Waals surface area contributed by atoms with Gasteiger partial charge in [-0.1, -0.05) is 68.8 Å². The van der Waals surface area contributed by atoms with Gasteiger partial charge in [0.05, 0.1) is 10.9 Å². The number of carbonyl (C=O) groups excluding carboxylic acids is 1. The number of hydrogen-bond donors (Lipinski definition) is 0. The van der Waals surface area contributed by atoms with Gasteiger partial charge < -0.3 is 9.15 Å². The maximum absolute atomic E-state index is 13.3.